The Bertz CT molecular complexity index is 1470. The number of ether oxygens (including phenoxy) is 1. The van der Waals surface area contributed by atoms with Crippen LogP contribution in [0.1, 0.15) is 37.8 Å². The Labute approximate surface area is 252 Å². The van der Waals surface area contributed by atoms with Crippen molar-refractivity contribution >= 4 is 50.7 Å². The summed E-state index contributed by atoms with van der Waals surface area (Å²) in [6, 6.07) is 16.8. The molecule has 0 aromatic heterocycles. The van der Waals surface area contributed by atoms with Crippen molar-refractivity contribution in [2.75, 3.05) is 24.5 Å². The van der Waals surface area contributed by atoms with E-state index in [9.17, 15) is 18.0 Å². The van der Waals surface area contributed by atoms with E-state index in [1.165, 1.54) is 24.1 Å². The lowest BCUT2D eigenvalue weighted by Crippen LogP contribution is -2.51. The van der Waals surface area contributed by atoms with Gasteiger partial charge in [0.25, 0.3) is 10.0 Å². The molecule has 3 rings (SSSR count). The minimum Gasteiger partial charge on any atom is -0.497 e. The molecule has 0 aliphatic carbocycles. The summed E-state index contributed by atoms with van der Waals surface area (Å²) in [5.41, 5.74) is 1.69. The largest absolute Gasteiger partial charge is 0.497 e. The molecule has 0 spiro atoms. The van der Waals surface area contributed by atoms with E-state index in [2.05, 4.69) is 5.32 Å². The predicted octanol–water partition coefficient (Wildman–Crippen LogP) is 5.84. The molecule has 3 aromatic carbocycles. The molecule has 0 unspecified atom stereocenters. The highest BCUT2D eigenvalue weighted by Gasteiger charge is 2.33. The van der Waals surface area contributed by atoms with Crippen molar-refractivity contribution in [3.63, 3.8) is 0 Å². The molecule has 41 heavy (non-hydrogen) atoms. The van der Waals surface area contributed by atoms with Gasteiger partial charge in [0, 0.05) is 29.2 Å². The number of methoxy groups -OCH3 is 1. The maximum absolute atomic E-state index is 14.0. The topological polar surface area (TPSA) is 96.0 Å². The number of hydrogen-bond donors (Lipinski definition) is 1. The number of halogens is 2. The minimum atomic E-state index is -4.19. The first-order chi connectivity index (χ1) is 19.5. The lowest BCUT2D eigenvalue weighted by atomic mass is 10.1. The zero-order valence-corrected chi connectivity index (χ0v) is 25.9. The van der Waals surface area contributed by atoms with Gasteiger partial charge in [0.05, 0.1) is 17.7 Å². The van der Waals surface area contributed by atoms with Gasteiger partial charge in [-0.2, -0.15) is 0 Å². The number of nitrogens with zero attached hydrogens (tertiary/aromatic N) is 2. The number of aryl methyl sites for hydroxylation is 1. The average Bonchev–Trinajstić information content (AvgIpc) is 2.95. The predicted molar refractivity (Wildman–Crippen MR) is 163 cm³/mol. The fourth-order valence-corrected chi connectivity index (χ4v) is 5.96. The minimum absolute atomic E-state index is 0.0244. The zero-order valence-electron chi connectivity index (χ0n) is 23.6. The van der Waals surface area contributed by atoms with Gasteiger partial charge in [-0.05, 0) is 62.2 Å². The highest BCUT2D eigenvalue weighted by molar-refractivity contribution is 7.92. The Hall–Kier alpha value is -3.27. The number of hydrogen-bond acceptors (Lipinski definition) is 5. The second kappa shape index (κ2) is 14.6. The van der Waals surface area contributed by atoms with E-state index in [-0.39, 0.29) is 23.0 Å². The Morgan fingerprint density at radius 1 is 1.02 bits per heavy atom. The van der Waals surface area contributed by atoms with Gasteiger partial charge < -0.3 is 15.0 Å². The second-order valence-corrected chi connectivity index (χ2v) is 12.3. The monoisotopic (exact) mass is 619 g/mol. The summed E-state index contributed by atoms with van der Waals surface area (Å²) in [7, 11) is -2.72. The quantitative estimate of drug-likeness (QED) is 0.243. The van der Waals surface area contributed by atoms with Crippen LogP contribution >= 0.6 is 23.2 Å². The number of benzene rings is 3. The standard InChI is InChI=1S/C30H35Cl2N3O5S/c1-5-6-16-33-30(37)22(3)34(19-23-12-13-24(31)17-28(23)32)29(36)20-35(25-8-7-9-26(18-25)40-4)41(38,39)27-14-10-21(2)11-15-27/h7-15,17-18,22H,5-6,16,19-20H2,1-4H3,(H,33,37)/t22-/m1/s1. The van der Waals surface area contributed by atoms with Gasteiger partial charge in [0.15, 0.2) is 0 Å². The summed E-state index contributed by atoms with van der Waals surface area (Å²) in [6.45, 7) is 5.32. The molecule has 0 fully saturated rings. The van der Waals surface area contributed by atoms with E-state index in [1.807, 2.05) is 13.8 Å². The van der Waals surface area contributed by atoms with E-state index >= 15 is 0 Å². The number of anilines is 1. The number of carbonyl (C=O) groups excluding carboxylic acids is 2. The second-order valence-electron chi connectivity index (χ2n) is 9.60. The number of rotatable bonds is 13. The van der Waals surface area contributed by atoms with E-state index < -0.39 is 28.5 Å². The van der Waals surface area contributed by atoms with Crippen molar-refractivity contribution in [2.45, 2.75) is 51.1 Å². The number of sulfonamides is 1. The van der Waals surface area contributed by atoms with Gasteiger partial charge in [0.2, 0.25) is 11.8 Å². The number of nitrogens with one attached hydrogen (secondary N) is 1. The number of amides is 2. The van der Waals surface area contributed by atoms with Crippen LogP contribution in [0.25, 0.3) is 0 Å². The summed E-state index contributed by atoms with van der Waals surface area (Å²) in [5.74, 6) is -0.522. The molecule has 0 aliphatic heterocycles. The number of carbonyl (C=O) groups is 2. The summed E-state index contributed by atoms with van der Waals surface area (Å²) in [5, 5.41) is 3.61. The molecule has 8 nitrogen and oxygen atoms in total. The summed E-state index contributed by atoms with van der Waals surface area (Å²) < 4.78 is 34.2. The van der Waals surface area contributed by atoms with E-state index in [1.54, 1.807) is 61.5 Å². The first kappa shape index (κ1) is 32.2. The summed E-state index contributed by atoms with van der Waals surface area (Å²) >= 11 is 12.5. The molecule has 220 valence electrons. The summed E-state index contributed by atoms with van der Waals surface area (Å²) in [6.07, 6.45) is 1.68. The first-order valence-electron chi connectivity index (χ1n) is 13.2. The normalized spacial score (nSPS) is 12.0. The van der Waals surface area contributed by atoms with Crippen LogP contribution in [-0.2, 0) is 26.2 Å². The smallest absolute Gasteiger partial charge is 0.264 e. The maximum Gasteiger partial charge on any atom is 0.264 e. The molecule has 1 N–H and O–H groups in total. The SMILES string of the molecule is CCCCNC(=O)[C@@H](C)N(Cc1ccc(Cl)cc1Cl)C(=O)CN(c1cccc(OC)c1)S(=O)(=O)c1ccc(C)cc1. The van der Waals surface area contributed by atoms with E-state index in [0.717, 1.165) is 22.7 Å². The van der Waals surface area contributed by atoms with E-state index in [0.29, 0.717) is 27.9 Å². The third kappa shape index (κ3) is 8.38. The Morgan fingerprint density at radius 3 is 2.37 bits per heavy atom. The highest BCUT2D eigenvalue weighted by Crippen LogP contribution is 2.28. The van der Waals surface area contributed by atoms with Crippen molar-refractivity contribution in [1.29, 1.82) is 0 Å². The molecule has 2 amide bonds. The van der Waals surface area contributed by atoms with Crippen LogP contribution in [-0.4, -0.2) is 51.4 Å². The Balaban J connectivity index is 2.04. The molecule has 0 heterocycles. The van der Waals surface area contributed by atoms with Gasteiger partial charge >= 0.3 is 0 Å². The molecular formula is C30H35Cl2N3O5S. The van der Waals surface area contributed by atoms with Gasteiger partial charge in [-0.3, -0.25) is 13.9 Å². The maximum atomic E-state index is 14.0. The van der Waals surface area contributed by atoms with Crippen molar-refractivity contribution in [3.05, 3.63) is 87.9 Å². The molecule has 0 saturated carbocycles. The van der Waals surface area contributed by atoms with Crippen LogP contribution in [0.3, 0.4) is 0 Å². The van der Waals surface area contributed by atoms with Crippen LogP contribution in [0.4, 0.5) is 5.69 Å². The molecule has 0 bridgehead atoms. The van der Waals surface area contributed by atoms with Gasteiger partial charge in [-0.15, -0.1) is 0 Å². The molecule has 0 aliphatic rings. The summed E-state index contributed by atoms with van der Waals surface area (Å²) in [4.78, 5) is 28.4. The van der Waals surface area contributed by atoms with Crippen molar-refractivity contribution in [2.24, 2.45) is 0 Å². The lowest BCUT2D eigenvalue weighted by molar-refractivity contribution is -0.139. The van der Waals surface area contributed by atoms with Crippen LogP contribution < -0.4 is 14.4 Å². The number of unbranched alkanes of at least 4 members (excludes halogenated alkanes) is 1. The van der Waals surface area contributed by atoms with Crippen LogP contribution in [0.5, 0.6) is 5.75 Å². The van der Waals surface area contributed by atoms with Crippen molar-refractivity contribution < 1.29 is 22.7 Å². The molecular weight excluding hydrogens is 585 g/mol. The van der Waals surface area contributed by atoms with Crippen LogP contribution in [0, 0.1) is 6.92 Å². The van der Waals surface area contributed by atoms with Crippen molar-refractivity contribution in [1.82, 2.24) is 10.2 Å². The molecule has 3 aromatic rings. The average molecular weight is 621 g/mol. The highest BCUT2D eigenvalue weighted by atomic mass is 35.5. The van der Waals surface area contributed by atoms with Crippen LogP contribution in [0.15, 0.2) is 71.6 Å². The lowest BCUT2D eigenvalue weighted by Gasteiger charge is -2.32. The van der Waals surface area contributed by atoms with Crippen LogP contribution in [0.2, 0.25) is 10.0 Å². The van der Waals surface area contributed by atoms with Crippen molar-refractivity contribution in [3.8, 4) is 5.75 Å². The Morgan fingerprint density at radius 2 is 1.73 bits per heavy atom. The molecule has 0 radical (unpaired) electrons. The van der Waals surface area contributed by atoms with Gasteiger partial charge in [0.1, 0.15) is 18.3 Å². The third-order valence-electron chi connectivity index (χ3n) is 6.58. The van der Waals surface area contributed by atoms with E-state index in [4.69, 9.17) is 27.9 Å². The molecule has 1 atom stereocenters. The third-order valence-corrected chi connectivity index (χ3v) is 8.96. The van der Waals surface area contributed by atoms with Gasteiger partial charge in [-0.1, -0.05) is 66.4 Å². The zero-order chi connectivity index (χ0) is 30.2. The fourth-order valence-electron chi connectivity index (χ4n) is 4.08. The van der Waals surface area contributed by atoms with Gasteiger partial charge in [-0.25, -0.2) is 8.42 Å². The molecule has 0 saturated heterocycles. The first-order valence-corrected chi connectivity index (χ1v) is 15.4. The fraction of sp³-hybridized carbons (Fsp3) is 0.333. The molecule has 11 heteroatoms. The Kier molecular flexibility index (Phi) is 11.5.